The van der Waals surface area contributed by atoms with Crippen LogP contribution >= 0.6 is 0 Å². The Bertz CT molecular complexity index is 634. The standard InChI is InChI=1S/C25H38F2O4/c1-2-3-4-5-6-7-8-9-10-11-12-13-18-30-24(28)16-17-25(29)31-20-21-19-22(26)14-15-23(21)27/h14-15,19H,2-13,16-18,20H2,1H3. The molecule has 0 N–H and O–H groups in total. The number of halogens is 2. The molecule has 0 amide bonds. The van der Waals surface area contributed by atoms with E-state index in [-0.39, 0.29) is 25.0 Å². The van der Waals surface area contributed by atoms with Gasteiger partial charge in [-0.15, -0.1) is 0 Å². The van der Waals surface area contributed by atoms with Crippen molar-refractivity contribution in [2.45, 2.75) is 103 Å². The highest BCUT2D eigenvalue weighted by molar-refractivity contribution is 5.77. The zero-order chi connectivity index (χ0) is 22.7. The Morgan fingerprint density at radius 3 is 1.84 bits per heavy atom. The molecule has 0 fully saturated rings. The van der Waals surface area contributed by atoms with Gasteiger partial charge in [0.1, 0.15) is 18.2 Å². The van der Waals surface area contributed by atoms with Crippen molar-refractivity contribution >= 4 is 11.9 Å². The second-order valence-electron chi connectivity index (χ2n) is 8.01. The van der Waals surface area contributed by atoms with Gasteiger partial charge in [-0.1, -0.05) is 77.6 Å². The number of benzene rings is 1. The number of hydrogen-bond donors (Lipinski definition) is 0. The normalized spacial score (nSPS) is 10.8. The van der Waals surface area contributed by atoms with Crippen molar-refractivity contribution < 1.29 is 27.8 Å². The summed E-state index contributed by atoms with van der Waals surface area (Å²) < 4.78 is 36.5. The summed E-state index contributed by atoms with van der Waals surface area (Å²) >= 11 is 0. The van der Waals surface area contributed by atoms with Crippen LogP contribution in [0.4, 0.5) is 8.78 Å². The van der Waals surface area contributed by atoms with E-state index in [0.717, 1.165) is 37.5 Å². The first-order valence-electron chi connectivity index (χ1n) is 11.8. The maximum absolute atomic E-state index is 13.5. The molecule has 0 saturated carbocycles. The molecule has 176 valence electrons. The van der Waals surface area contributed by atoms with Crippen LogP contribution in [0.3, 0.4) is 0 Å². The molecule has 31 heavy (non-hydrogen) atoms. The lowest BCUT2D eigenvalue weighted by Crippen LogP contribution is -2.11. The SMILES string of the molecule is CCCCCCCCCCCCCCOC(=O)CCC(=O)OCc1cc(F)ccc1F. The van der Waals surface area contributed by atoms with E-state index in [1.54, 1.807) is 0 Å². The predicted molar refractivity (Wildman–Crippen MR) is 117 cm³/mol. The summed E-state index contributed by atoms with van der Waals surface area (Å²) in [5.41, 5.74) is -0.0390. The second-order valence-corrected chi connectivity index (χ2v) is 8.01. The van der Waals surface area contributed by atoms with E-state index >= 15 is 0 Å². The van der Waals surface area contributed by atoms with Gasteiger partial charge < -0.3 is 9.47 Å². The number of carbonyl (C=O) groups excluding carboxylic acids is 2. The number of unbranched alkanes of at least 4 members (excludes halogenated alkanes) is 11. The van der Waals surface area contributed by atoms with E-state index in [4.69, 9.17) is 9.47 Å². The van der Waals surface area contributed by atoms with Gasteiger partial charge in [-0.3, -0.25) is 9.59 Å². The minimum absolute atomic E-state index is 0.0390. The zero-order valence-electron chi connectivity index (χ0n) is 18.9. The highest BCUT2D eigenvalue weighted by atomic mass is 19.1. The molecule has 0 heterocycles. The molecular weight excluding hydrogens is 402 g/mol. The largest absolute Gasteiger partial charge is 0.466 e. The van der Waals surface area contributed by atoms with Crippen molar-refractivity contribution in [1.82, 2.24) is 0 Å². The summed E-state index contributed by atoms with van der Waals surface area (Å²) in [6.07, 6.45) is 14.7. The highest BCUT2D eigenvalue weighted by Gasteiger charge is 2.11. The molecular formula is C25H38F2O4. The molecule has 0 atom stereocenters. The number of ether oxygens (including phenoxy) is 2. The van der Waals surface area contributed by atoms with E-state index in [1.165, 1.54) is 57.8 Å². The first kappa shape index (κ1) is 27.1. The van der Waals surface area contributed by atoms with Crippen LogP contribution in [0.1, 0.15) is 102 Å². The molecule has 0 aromatic heterocycles. The Balaban J connectivity index is 1.93. The summed E-state index contributed by atoms with van der Waals surface area (Å²) in [7, 11) is 0. The lowest BCUT2D eigenvalue weighted by molar-refractivity contribution is -0.151. The molecule has 4 nitrogen and oxygen atoms in total. The highest BCUT2D eigenvalue weighted by Crippen LogP contribution is 2.13. The first-order valence-corrected chi connectivity index (χ1v) is 11.8. The molecule has 1 rings (SSSR count). The third kappa shape index (κ3) is 14.6. The number of rotatable bonds is 18. The van der Waals surface area contributed by atoms with Crippen LogP contribution in [0.25, 0.3) is 0 Å². The monoisotopic (exact) mass is 440 g/mol. The lowest BCUT2D eigenvalue weighted by Gasteiger charge is -2.07. The molecule has 1 aromatic carbocycles. The lowest BCUT2D eigenvalue weighted by atomic mass is 10.1. The first-order chi connectivity index (χ1) is 15.0. The second kappa shape index (κ2) is 17.7. The molecule has 0 spiro atoms. The van der Waals surface area contributed by atoms with Crippen molar-refractivity contribution in [2.24, 2.45) is 0 Å². The average molecular weight is 441 g/mol. The van der Waals surface area contributed by atoms with Crippen molar-refractivity contribution in [3.05, 3.63) is 35.4 Å². The van der Waals surface area contributed by atoms with Gasteiger partial charge in [-0.05, 0) is 24.6 Å². The van der Waals surface area contributed by atoms with Crippen LogP contribution in [0, 0.1) is 11.6 Å². The van der Waals surface area contributed by atoms with Gasteiger partial charge in [-0.25, -0.2) is 8.78 Å². The zero-order valence-corrected chi connectivity index (χ0v) is 18.9. The van der Waals surface area contributed by atoms with Gasteiger partial charge in [0.15, 0.2) is 0 Å². The topological polar surface area (TPSA) is 52.6 Å². The number of esters is 2. The van der Waals surface area contributed by atoms with Crippen LogP contribution in [-0.4, -0.2) is 18.5 Å². The summed E-state index contributed by atoms with van der Waals surface area (Å²) in [6, 6.07) is 2.95. The quantitative estimate of drug-likeness (QED) is 0.182. The summed E-state index contributed by atoms with van der Waals surface area (Å²) in [5, 5.41) is 0. The summed E-state index contributed by atoms with van der Waals surface area (Å²) in [5.74, 6) is -2.34. The number of carbonyl (C=O) groups is 2. The van der Waals surface area contributed by atoms with Crippen molar-refractivity contribution in [2.75, 3.05) is 6.61 Å². The Morgan fingerprint density at radius 2 is 1.26 bits per heavy atom. The van der Waals surface area contributed by atoms with Crippen molar-refractivity contribution in [3.63, 3.8) is 0 Å². The van der Waals surface area contributed by atoms with Crippen molar-refractivity contribution in [1.29, 1.82) is 0 Å². The van der Waals surface area contributed by atoms with Crippen LogP contribution < -0.4 is 0 Å². The van der Waals surface area contributed by atoms with Crippen LogP contribution in [-0.2, 0) is 25.7 Å². The fraction of sp³-hybridized carbons (Fsp3) is 0.680. The van der Waals surface area contributed by atoms with E-state index in [2.05, 4.69) is 6.92 Å². The maximum Gasteiger partial charge on any atom is 0.306 e. The molecule has 0 radical (unpaired) electrons. The molecule has 0 aliphatic carbocycles. The molecule has 0 aliphatic heterocycles. The van der Waals surface area contributed by atoms with E-state index in [9.17, 15) is 18.4 Å². The Morgan fingerprint density at radius 1 is 0.742 bits per heavy atom. The predicted octanol–water partition coefficient (Wildman–Crippen LogP) is 7.03. The molecule has 1 aromatic rings. The summed E-state index contributed by atoms with van der Waals surface area (Å²) in [6.45, 7) is 2.23. The van der Waals surface area contributed by atoms with Crippen LogP contribution in [0.2, 0.25) is 0 Å². The van der Waals surface area contributed by atoms with Crippen LogP contribution in [0.15, 0.2) is 18.2 Å². The maximum atomic E-state index is 13.5. The van der Waals surface area contributed by atoms with Gasteiger partial charge in [0.25, 0.3) is 0 Å². The van der Waals surface area contributed by atoms with Gasteiger partial charge >= 0.3 is 11.9 Å². The van der Waals surface area contributed by atoms with Gasteiger partial charge in [0.05, 0.1) is 19.4 Å². The number of hydrogen-bond acceptors (Lipinski definition) is 4. The fourth-order valence-corrected chi connectivity index (χ4v) is 3.29. The van der Waals surface area contributed by atoms with Gasteiger partial charge in [0, 0.05) is 5.56 Å². The smallest absolute Gasteiger partial charge is 0.306 e. The molecule has 0 bridgehead atoms. The van der Waals surface area contributed by atoms with E-state index in [1.807, 2.05) is 0 Å². The third-order valence-electron chi connectivity index (χ3n) is 5.19. The van der Waals surface area contributed by atoms with Crippen molar-refractivity contribution in [3.8, 4) is 0 Å². The third-order valence-corrected chi connectivity index (χ3v) is 5.19. The average Bonchev–Trinajstić information content (AvgIpc) is 2.76. The minimum atomic E-state index is -0.647. The van der Waals surface area contributed by atoms with Gasteiger partial charge in [0.2, 0.25) is 0 Å². The Labute approximate surface area is 185 Å². The minimum Gasteiger partial charge on any atom is -0.466 e. The van der Waals surface area contributed by atoms with Gasteiger partial charge in [-0.2, -0.15) is 0 Å². The molecule has 0 saturated heterocycles. The Hall–Kier alpha value is -1.98. The fourth-order valence-electron chi connectivity index (χ4n) is 3.29. The van der Waals surface area contributed by atoms with E-state index in [0.29, 0.717) is 6.61 Å². The Kier molecular flexibility index (Phi) is 15.4. The van der Waals surface area contributed by atoms with E-state index < -0.39 is 23.6 Å². The van der Waals surface area contributed by atoms with Crippen LogP contribution in [0.5, 0.6) is 0 Å². The molecule has 0 unspecified atom stereocenters. The summed E-state index contributed by atoms with van der Waals surface area (Å²) in [4.78, 5) is 23.3. The molecule has 0 aliphatic rings. The molecule has 6 heteroatoms.